The van der Waals surface area contributed by atoms with E-state index in [-0.39, 0.29) is 17.4 Å². The lowest BCUT2D eigenvalue weighted by Crippen LogP contribution is -2.17. The van der Waals surface area contributed by atoms with Gasteiger partial charge in [-0.15, -0.1) is 0 Å². The number of nitrogens with two attached hydrogens (primary N) is 1. The van der Waals surface area contributed by atoms with Crippen molar-refractivity contribution >= 4 is 29.0 Å². The van der Waals surface area contributed by atoms with E-state index in [9.17, 15) is 9.59 Å². The molecular formula is C13H15N3O3S. The quantitative estimate of drug-likeness (QED) is 0.855. The minimum atomic E-state index is -0.682. The molecule has 0 atom stereocenters. The predicted molar refractivity (Wildman–Crippen MR) is 76.5 cm³/mol. The maximum Gasteiger partial charge on any atom is 0.256 e. The number of anilines is 1. The van der Waals surface area contributed by atoms with Crippen LogP contribution in [0.3, 0.4) is 0 Å². The van der Waals surface area contributed by atoms with Gasteiger partial charge in [0.1, 0.15) is 11.3 Å². The number of carbonyl (C=O) groups excluding carboxylic acids is 2. The van der Waals surface area contributed by atoms with Gasteiger partial charge in [0.05, 0.1) is 0 Å². The molecule has 0 fully saturated rings. The molecule has 0 aliphatic heterocycles. The zero-order valence-electron chi connectivity index (χ0n) is 11.0. The number of primary amides is 1. The number of hydrogen-bond acceptors (Lipinski definition) is 5. The van der Waals surface area contributed by atoms with Crippen molar-refractivity contribution < 1.29 is 14.1 Å². The molecule has 0 spiro atoms. The molecule has 2 heterocycles. The Kier molecular flexibility index (Phi) is 4.52. The van der Waals surface area contributed by atoms with Gasteiger partial charge in [0.2, 0.25) is 11.8 Å². The first-order chi connectivity index (χ1) is 9.63. The number of thiophene rings is 1. The van der Waals surface area contributed by atoms with Crippen LogP contribution < -0.4 is 11.1 Å². The average molecular weight is 293 g/mol. The summed E-state index contributed by atoms with van der Waals surface area (Å²) in [4.78, 5) is 23.3. The third-order valence-electron chi connectivity index (χ3n) is 2.74. The maximum absolute atomic E-state index is 11.7. The van der Waals surface area contributed by atoms with Gasteiger partial charge in [-0.3, -0.25) is 14.9 Å². The van der Waals surface area contributed by atoms with E-state index >= 15 is 0 Å². The molecule has 20 heavy (non-hydrogen) atoms. The van der Waals surface area contributed by atoms with Crippen molar-refractivity contribution in [1.82, 2.24) is 5.16 Å². The Labute approximate surface area is 119 Å². The Morgan fingerprint density at radius 3 is 2.90 bits per heavy atom. The smallest absolute Gasteiger partial charge is 0.256 e. The van der Waals surface area contributed by atoms with Crippen molar-refractivity contribution in [3.8, 4) is 11.3 Å². The fraction of sp³-hybridized carbons (Fsp3) is 0.308. The van der Waals surface area contributed by atoms with E-state index in [4.69, 9.17) is 10.3 Å². The molecule has 106 valence electrons. The van der Waals surface area contributed by atoms with E-state index in [0.717, 1.165) is 18.4 Å². The van der Waals surface area contributed by atoms with E-state index in [1.165, 1.54) is 11.3 Å². The van der Waals surface area contributed by atoms with Crippen molar-refractivity contribution in [2.75, 3.05) is 5.32 Å². The van der Waals surface area contributed by atoms with E-state index in [2.05, 4.69) is 10.5 Å². The standard InChI is InChI=1S/C13H15N3O3S/c1-2-3-4-9(17)15-13-10(12(14)18)11(16-19-13)8-5-6-20-7-8/h5-7H,2-4H2,1H3,(H2,14,18)(H,15,17). The van der Waals surface area contributed by atoms with Crippen LogP contribution in [0.4, 0.5) is 5.88 Å². The normalized spacial score (nSPS) is 10.4. The fourth-order valence-corrected chi connectivity index (χ4v) is 2.37. The van der Waals surface area contributed by atoms with Gasteiger partial charge >= 0.3 is 0 Å². The topological polar surface area (TPSA) is 98.2 Å². The highest BCUT2D eigenvalue weighted by molar-refractivity contribution is 7.08. The zero-order valence-corrected chi connectivity index (χ0v) is 11.8. The van der Waals surface area contributed by atoms with Crippen molar-refractivity contribution in [2.24, 2.45) is 5.73 Å². The Morgan fingerprint density at radius 1 is 1.50 bits per heavy atom. The summed E-state index contributed by atoms with van der Waals surface area (Å²) in [5.41, 5.74) is 6.55. The van der Waals surface area contributed by atoms with Crippen LogP contribution in [-0.2, 0) is 4.79 Å². The second-order valence-corrected chi connectivity index (χ2v) is 5.04. The van der Waals surface area contributed by atoms with Crippen LogP contribution in [0.5, 0.6) is 0 Å². The molecular weight excluding hydrogens is 278 g/mol. The summed E-state index contributed by atoms with van der Waals surface area (Å²) >= 11 is 1.47. The summed E-state index contributed by atoms with van der Waals surface area (Å²) < 4.78 is 5.05. The third-order valence-corrected chi connectivity index (χ3v) is 3.43. The predicted octanol–water partition coefficient (Wildman–Crippen LogP) is 2.63. The van der Waals surface area contributed by atoms with Crippen molar-refractivity contribution in [3.05, 3.63) is 22.4 Å². The Hall–Kier alpha value is -2.15. The SMILES string of the molecule is CCCCC(=O)Nc1onc(-c2ccsc2)c1C(N)=O. The highest BCUT2D eigenvalue weighted by Crippen LogP contribution is 2.29. The number of amides is 2. The molecule has 2 aromatic rings. The second kappa shape index (κ2) is 6.33. The first-order valence-corrected chi connectivity index (χ1v) is 7.19. The second-order valence-electron chi connectivity index (χ2n) is 4.26. The monoisotopic (exact) mass is 293 g/mol. The molecule has 0 aromatic carbocycles. The Bertz CT molecular complexity index is 604. The molecule has 0 bridgehead atoms. The lowest BCUT2D eigenvalue weighted by molar-refractivity contribution is -0.116. The van der Waals surface area contributed by atoms with Gasteiger partial charge in [-0.2, -0.15) is 11.3 Å². The van der Waals surface area contributed by atoms with Gasteiger partial charge < -0.3 is 10.3 Å². The molecule has 6 nitrogen and oxygen atoms in total. The number of nitrogens with zero attached hydrogens (tertiary/aromatic N) is 1. The van der Waals surface area contributed by atoms with Crippen LogP contribution >= 0.6 is 11.3 Å². The van der Waals surface area contributed by atoms with Crippen molar-refractivity contribution in [1.29, 1.82) is 0 Å². The third kappa shape index (κ3) is 3.05. The van der Waals surface area contributed by atoms with Crippen LogP contribution in [-0.4, -0.2) is 17.0 Å². The molecule has 0 aliphatic carbocycles. The number of aromatic nitrogens is 1. The Balaban J connectivity index is 2.26. The Morgan fingerprint density at radius 2 is 2.30 bits per heavy atom. The van der Waals surface area contributed by atoms with Crippen LogP contribution in [0.2, 0.25) is 0 Å². The maximum atomic E-state index is 11.7. The summed E-state index contributed by atoms with van der Waals surface area (Å²) in [6.45, 7) is 1.99. The van der Waals surface area contributed by atoms with E-state index in [0.29, 0.717) is 12.1 Å². The number of rotatable bonds is 6. The van der Waals surface area contributed by atoms with E-state index < -0.39 is 5.91 Å². The highest BCUT2D eigenvalue weighted by atomic mass is 32.1. The summed E-state index contributed by atoms with van der Waals surface area (Å²) in [6.07, 6.45) is 2.04. The van der Waals surface area contributed by atoms with Crippen LogP contribution in [0, 0.1) is 0 Å². The van der Waals surface area contributed by atoms with Gasteiger partial charge in [0.15, 0.2) is 0 Å². The van der Waals surface area contributed by atoms with Crippen LogP contribution in [0.15, 0.2) is 21.3 Å². The van der Waals surface area contributed by atoms with E-state index in [1.807, 2.05) is 17.7 Å². The molecule has 0 saturated carbocycles. The number of unbranched alkanes of at least 4 members (excludes halogenated alkanes) is 1. The lowest BCUT2D eigenvalue weighted by Gasteiger charge is -2.02. The number of hydrogen-bond donors (Lipinski definition) is 2. The molecule has 2 amide bonds. The van der Waals surface area contributed by atoms with Crippen LogP contribution in [0.25, 0.3) is 11.3 Å². The van der Waals surface area contributed by atoms with E-state index in [1.54, 1.807) is 6.07 Å². The fourth-order valence-electron chi connectivity index (χ4n) is 1.73. The largest absolute Gasteiger partial charge is 0.365 e. The molecule has 0 aliphatic rings. The molecule has 0 radical (unpaired) electrons. The van der Waals surface area contributed by atoms with Gasteiger partial charge in [-0.1, -0.05) is 18.5 Å². The lowest BCUT2D eigenvalue weighted by atomic mass is 10.1. The first-order valence-electron chi connectivity index (χ1n) is 6.25. The minimum Gasteiger partial charge on any atom is -0.365 e. The first kappa shape index (κ1) is 14.3. The molecule has 0 saturated heterocycles. The van der Waals surface area contributed by atoms with Gasteiger partial charge in [-0.05, 0) is 17.9 Å². The van der Waals surface area contributed by atoms with Gasteiger partial charge in [-0.25, -0.2) is 0 Å². The minimum absolute atomic E-state index is 0.0137. The average Bonchev–Trinajstić information content (AvgIpc) is 3.04. The van der Waals surface area contributed by atoms with Gasteiger partial charge in [0, 0.05) is 17.4 Å². The summed E-state index contributed by atoms with van der Waals surface area (Å²) in [6, 6.07) is 1.80. The molecule has 7 heteroatoms. The highest BCUT2D eigenvalue weighted by Gasteiger charge is 2.23. The van der Waals surface area contributed by atoms with Gasteiger partial charge in [0.25, 0.3) is 5.91 Å². The summed E-state index contributed by atoms with van der Waals surface area (Å²) in [5.74, 6) is -0.889. The summed E-state index contributed by atoms with van der Waals surface area (Å²) in [7, 11) is 0. The molecule has 2 rings (SSSR count). The van der Waals surface area contributed by atoms with Crippen molar-refractivity contribution in [3.63, 3.8) is 0 Å². The number of carbonyl (C=O) groups is 2. The zero-order chi connectivity index (χ0) is 14.5. The summed E-state index contributed by atoms with van der Waals surface area (Å²) in [5, 5.41) is 10.1. The van der Waals surface area contributed by atoms with Crippen molar-refractivity contribution in [2.45, 2.75) is 26.2 Å². The van der Waals surface area contributed by atoms with Crippen LogP contribution in [0.1, 0.15) is 36.5 Å². The molecule has 2 aromatic heterocycles. The molecule has 3 N–H and O–H groups in total. The molecule has 0 unspecified atom stereocenters. The number of nitrogens with one attached hydrogen (secondary N) is 1.